The molecule has 0 aromatic carbocycles. The van der Waals surface area contributed by atoms with Gasteiger partial charge >= 0.3 is 11.9 Å². The van der Waals surface area contributed by atoms with Crippen LogP contribution >= 0.6 is 0 Å². The fraction of sp³-hybridized carbons (Fsp3) is 0.800. The summed E-state index contributed by atoms with van der Waals surface area (Å²) in [4.78, 5) is 25.6. The predicted octanol–water partition coefficient (Wildman–Crippen LogP) is 1.29. The van der Waals surface area contributed by atoms with Gasteiger partial charge in [-0.2, -0.15) is 0 Å². The molecule has 6 aliphatic rings. The van der Waals surface area contributed by atoms with Gasteiger partial charge in [0.15, 0.2) is 5.60 Å². The molecule has 0 aromatic heterocycles. The highest BCUT2D eigenvalue weighted by Crippen LogP contribution is 2.83. The van der Waals surface area contributed by atoms with Crippen LogP contribution in [0.15, 0.2) is 12.3 Å². The largest absolute Gasteiger partial charge is 0.472 e. The van der Waals surface area contributed by atoms with E-state index in [9.17, 15) is 14.7 Å². The van der Waals surface area contributed by atoms with Crippen molar-refractivity contribution in [3.05, 3.63) is 12.3 Å². The third kappa shape index (κ3) is 1.21. The average Bonchev–Trinajstić information content (AvgIpc) is 3.30. The summed E-state index contributed by atoms with van der Waals surface area (Å²) in [5.74, 6) is -1.83. The van der Waals surface area contributed by atoms with E-state index in [4.69, 9.17) is 18.9 Å². The minimum atomic E-state index is -1.75. The van der Waals surface area contributed by atoms with Gasteiger partial charge in [-0.25, -0.2) is 4.79 Å². The Morgan fingerprint density at radius 2 is 1.93 bits per heavy atom. The molecule has 7 nitrogen and oxygen atoms in total. The molecule has 0 radical (unpaired) electrons. The van der Waals surface area contributed by atoms with Crippen molar-refractivity contribution in [2.24, 2.45) is 28.1 Å². The van der Waals surface area contributed by atoms with Gasteiger partial charge in [0.1, 0.15) is 12.2 Å². The van der Waals surface area contributed by atoms with Crippen LogP contribution in [-0.2, 0) is 28.5 Å². The highest BCUT2D eigenvalue weighted by Gasteiger charge is 2.98. The van der Waals surface area contributed by atoms with Gasteiger partial charge in [0.2, 0.25) is 11.9 Å². The van der Waals surface area contributed by atoms with E-state index >= 15 is 0 Å². The summed E-state index contributed by atoms with van der Waals surface area (Å²) in [6.45, 7) is 8.11. The molecule has 4 aliphatic heterocycles. The van der Waals surface area contributed by atoms with Crippen LogP contribution in [-0.4, -0.2) is 46.7 Å². The molecule has 3 saturated heterocycles. The molecule has 2 spiro atoms. The summed E-state index contributed by atoms with van der Waals surface area (Å²) < 4.78 is 23.6. The molecule has 2 aliphatic carbocycles. The van der Waals surface area contributed by atoms with Gasteiger partial charge in [-0.05, 0) is 30.8 Å². The molecule has 2 saturated carbocycles. The van der Waals surface area contributed by atoms with Crippen LogP contribution in [0.3, 0.4) is 0 Å². The second kappa shape index (κ2) is 4.06. The number of ether oxygens (including phenoxy) is 4. The van der Waals surface area contributed by atoms with E-state index in [-0.39, 0.29) is 11.3 Å². The number of fused-ring (bicyclic) bond motifs is 1. The minimum Gasteiger partial charge on any atom is -0.472 e. The fourth-order valence-electron chi connectivity index (χ4n) is 7.72. The number of hydrogen-bond acceptors (Lipinski definition) is 7. The van der Waals surface area contributed by atoms with Crippen LogP contribution in [0.4, 0.5) is 0 Å². The van der Waals surface area contributed by atoms with Crippen LogP contribution in [0.5, 0.6) is 0 Å². The quantitative estimate of drug-likeness (QED) is 0.637. The Morgan fingerprint density at radius 1 is 1.19 bits per heavy atom. The Bertz CT molecular complexity index is 829. The average molecular weight is 376 g/mol. The Morgan fingerprint density at radius 3 is 2.63 bits per heavy atom. The van der Waals surface area contributed by atoms with Gasteiger partial charge in [0.05, 0.1) is 23.0 Å². The van der Waals surface area contributed by atoms with E-state index < -0.39 is 58.4 Å². The highest BCUT2D eigenvalue weighted by atomic mass is 16.7. The molecule has 2 unspecified atom stereocenters. The minimum absolute atomic E-state index is 0.0934. The zero-order valence-corrected chi connectivity index (χ0v) is 15.9. The fourth-order valence-corrected chi connectivity index (χ4v) is 7.72. The predicted molar refractivity (Wildman–Crippen MR) is 88.7 cm³/mol. The molecule has 146 valence electrons. The molecule has 4 heterocycles. The monoisotopic (exact) mass is 376 g/mol. The maximum atomic E-state index is 13.3. The standard InChI is InChI=1S/C20H24O7/c1-9-13(21)25-12-8-18-11-7-10(16(2,3)4)17(18)5-6-24-15(17)27-20(18,14(22)26-11)19(9,12)23/h5-6,9-12,15,23H,7-8H2,1-4H3/t9-,10+,11-,12+,15+,17?,18?,19-,20-/m1/s1. The van der Waals surface area contributed by atoms with Gasteiger partial charge in [-0.15, -0.1) is 0 Å². The van der Waals surface area contributed by atoms with Crippen LogP contribution in [0.2, 0.25) is 0 Å². The maximum Gasteiger partial charge on any atom is 0.342 e. The van der Waals surface area contributed by atoms with Gasteiger partial charge in [-0.3, -0.25) is 4.79 Å². The van der Waals surface area contributed by atoms with Gasteiger partial charge in [0, 0.05) is 6.42 Å². The zero-order chi connectivity index (χ0) is 19.2. The summed E-state index contributed by atoms with van der Waals surface area (Å²) in [6, 6.07) is 0. The molecule has 5 fully saturated rings. The zero-order valence-electron chi connectivity index (χ0n) is 15.9. The van der Waals surface area contributed by atoms with Crippen molar-refractivity contribution in [1.29, 1.82) is 0 Å². The highest BCUT2D eigenvalue weighted by molar-refractivity contribution is 5.92. The molecule has 9 atom stereocenters. The lowest BCUT2D eigenvalue weighted by Gasteiger charge is -2.44. The van der Waals surface area contributed by atoms with Crippen molar-refractivity contribution in [1.82, 2.24) is 0 Å². The van der Waals surface area contributed by atoms with Gasteiger partial charge in [-0.1, -0.05) is 20.8 Å². The van der Waals surface area contributed by atoms with E-state index in [2.05, 4.69) is 20.8 Å². The SMILES string of the molecule is C[C@@H]1C(=O)O[C@H]2CC34[C@H]5C[C@@H](C(C)(C)C)C36C=CO[C@H]6O[C@@]4(C(=O)O5)[C@]21O. The molecule has 6 rings (SSSR count). The molecule has 0 bridgehead atoms. The van der Waals surface area contributed by atoms with Crippen LogP contribution in [0.1, 0.15) is 40.5 Å². The number of aliphatic hydroxyl groups is 1. The summed E-state index contributed by atoms with van der Waals surface area (Å²) in [5, 5.41) is 11.8. The third-order valence-corrected chi connectivity index (χ3v) is 8.61. The maximum absolute atomic E-state index is 13.3. The first-order chi connectivity index (χ1) is 12.6. The Hall–Kier alpha value is -1.60. The van der Waals surface area contributed by atoms with E-state index in [1.165, 1.54) is 0 Å². The van der Waals surface area contributed by atoms with E-state index in [1.54, 1.807) is 13.2 Å². The van der Waals surface area contributed by atoms with Crippen molar-refractivity contribution in [3.8, 4) is 0 Å². The summed E-state index contributed by atoms with van der Waals surface area (Å²) in [7, 11) is 0. The molecular formula is C20H24O7. The van der Waals surface area contributed by atoms with Crippen molar-refractivity contribution < 1.29 is 33.6 Å². The van der Waals surface area contributed by atoms with Crippen LogP contribution in [0, 0.1) is 28.1 Å². The molecule has 1 N–H and O–H groups in total. The molecule has 0 amide bonds. The van der Waals surface area contributed by atoms with Crippen LogP contribution in [0.25, 0.3) is 0 Å². The number of rotatable bonds is 0. The van der Waals surface area contributed by atoms with E-state index in [0.717, 1.165) is 0 Å². The number of hydrogen-bond donors (Lipinski definition) is 1. The molecule has 7 heteroatoms. The summed E-state index contributed by atoms with van der Waals surface area (Å²) in [5.41, 5.74) is -4.90. The first-order valence-electron chi connectivity index (χ1n) is 9.72. The Balaban J connectivity index is 1.66. The van der Waals surface area contributed by atoms with Crippen molar-refractivity contribution in [3.63, 3.8) is 0 Å². The summed E-state index contributed by atoms with van der Waals surface area (Å²) in [6.07, 6.45) is 2.84. The summed E-state index contributed by atoms with van der Waals surface area (Å²) >= 11 is 0. The molecule has 27 heavy (non-hydrogen) atoms. The number of carbonyl (C=O) groups excluding carboxylic acids is 2. The lowest BCUT2D eigenvalue weighted by molar-refractivity contribution is -0.235. The van der Waals surface area contributed by atoms with E-state index in [1.807, 2.05) is 6.08 Å². The first kappa shape index (κ1) is 16.4. The number of esters is 2. The van der Waals surface area contributed by atoms with Crippen molar-refractivity contribution in [2.75, 3.05) is 0 Å². The van der Waals surface area contributed by atoms with E-state index in [0.29, 0.717) is 12.8 Å². The lowest BCUT2D eigenvalue weighted by Crippen LogP contribution is -2.65. The van der Waals surface area contributed by atoms with Gasteiger partial charge in [0.25, 0.3) is 0 Å². The molecular weight excluding hydrogens is 352 g/mol. The lowest BCUT2D eigenvalue weighted by atomic mass is 9.53. The Kier molecular flexibility index (Phi) is 2.46. The topological polar surface area (TPSA) is 91.3 Å². The first-order valence-corrected chi connectivity index (χ1v) is 9.72. The Labute approximate surface area is 157 Å². The second-order valence-electron chi connectivity index (χ2n) is 10.2. The normalized spacial score (nSPS) is 59.2. The van der Waals surface area contributed by atoms with Crippen LogP contribution < -0.4 is 0 Å². The van der Waals surface area contributed by atoms with Crippen molar-refractivity contribution >= 4 is 11.9 Å². The number of carbonyl (C=O) groups is 2. The smallest absolute Gasteiger partial charge is 0.342 e. The second-order valence-corrected chi connectivity index (χ2v) is 10.2. The third-order valence-electron chi connectivity index (χ3n) is 8.61. The van der Waals surface area contributed by atoms with Gasteiger partial charge < -0.3 is 24.1 Å². The van der Waals surface area contributed by atoms with Crippen molar-refractivity contribution in [2.45, 2.75) is 70.2 Å². The molecule has 0 aromatic rings.